The average molecular weight is 947 g/mol. The Balaban J connectivity index is 1.33. The van der Waals surface area contributed by atoms with Crippen molar-refractivity contribution in [1.29, 1.82) is 0 Å². The molecule has 2 saturated heterocycles. The molecule has 298 valence electrons. The van der Waals surface area contributed by atoms with Gasteiger partial charge in [0.15, 0.2) is 17.3 Å². The van der Waals surface area contributed by atoms with Gasteiger partial charge >= 0.3 is 12.1 Å². The molecule has 12 nitrogen and oxygen atoms in total. The lowest BCUT2D eigenvalue weighted by atomic mass is 9.49. The monoisotopic (exact) mass is 946 g/mol. The summed E-state index contributed by atoms with van der Waals surface area (Å²) in [5, 5.41) is 21.0. The number of alkyl halides is 3. The molecule has 2 aliphatic carbocycles. The predicted molar refractivity (Wildman–Crippen MR) is 210 cm³/mol. The van der Waals surface area contributed by atoms with E-state index in [4.69, 9.17) is 27.9 Å². The number of hydrazine groups is 1. The summed E-state index contributed by atoms with van der Waals surface area (Å²) in [7, 11) is 1.34. The highest BCUT2D eigenvalue weighted by Gasteiger charge is 2.70. The summed E-state index contributed by atoms with van der Waals surface area (Å²) in [5.74, 6) is -9.75. The van der Waals surface area contributed by atoms with Crippen molar-refractivity contribution in [1.82, 2.24) is 9.99 Å². The number of nitrogens with zero attached hydrogens (tertiary/aromatic N) is 3. The summed E-state index contributed by atoms with van der Waals surface area (Å²) in [5.41, 5.74) is 0.821. The number of anilines is 2. The zero-order chi connectivity index (χ0) is 41.6. The molecule has 6 unspecified atom stereocenters. The number of aromatic hydroxyl groups is 1. The van der Waals surface area contributed by atoms with Gasteiger partial charge in [-0.25, -0.2) is 9.78 Å². The molecule has 4 aromatic rings. The lowest BCUT2D eigenvalue weighted by Crippen LogP contribution is -2.53. The smallest absolute Gasteiger partial charge is 0.417 e. The number of fused-ring (bicyclic) bond motifs is 4. The highest BCUT2D eigenvalue weighted by Crippen LogP contribution is 2.64. The minimum atomic E-state index is -4.78. The van der Waals surface area contributed by atoms with Crippen LogP contribution < -0.4 is 15.1 Å². The number of rotatable bonds is 7. The number of carbonyl (C=O) groups is 5. The van der Waals surface area contributed by atoms with Gasteiger partial charge in [0.1, 0.15) is 0 Å². The number of phenols is 1. The standard InChI is InChI=1S/C40H28Cl2F3IN4O8/c1-58-29-13-18(12-28(46)32(29)51)31-23-9-10-24-30(36(54)49(34(24)52)22-4-2-3-17(11-22)37(55)56)25(23)15-26-35(53)50(38(57)39(26,31)19-5-7-21(41)8-6-19)48-33-27(42)14-20(16-47-33)40(43,44)45/h2-9,11-14,16,24-26,30-31,51H,10,15H2,1H3,(H,47,48)(H,55,56). The molecule has 2 aliphatic heterocycles. The molecule has 0 radical (unpaired) electrons. The first-order valence-electron chi connectivity index (χ1n) is 17.6. The number of amides is 4. The van der Waals surface area contributed by atoms with Gasteiger partial charge in [-0.3, -0.25) is 29.5 Å². The van der Waals surface area contributed by atoms with Gasteiger partial charge in [0.25, 0.3) is 11.8 Å². The summed E-state index contributed by atoms with van der Waals surface area (Å²) in [6.45, 7) is 0. The Labute approximate surface area is 350 Å². The number of pyridine rings is 1. The van der Waals surface area contributed by atoms with E-state index >= 15 is 4.79 Å². The first-order chi connectivity index (χ1) is 27.5. The SMILES string of the molecule is COc1cc(C2C3=CCC4C(=O)N(c5cccc(C(=O)O)c5)C(=O)C4C3CC3C(=O)N(Nc4ncc(C(F)(F)F)cc4Cl)C(=O)C32c2ccc(Cl)cc2)cc(I)c1O. The molecule has 0 bridgehead atoms. The number of imide groups is 2. The number of methoxy groups -OCH3 is 1. The summed E-state index contributed by atoms with van der Waals surface area (Å²) >= 11 is 14.5. The molecule has 0 spiro atoms. The number of aromatic carboxylic acids is 1. The molecule has 8 rings (SSSR count). The van der Waals surface area contributed by atoms with Crippen molar-refractivity contribution >= 4 is 86.9 Å². The van der Waals surface area contributed by atoms with Crippen LogP contribution in [0.2, 0.25) is 10.0 Å². The van der Waals surface area contributed by atoms with Crippen molar-refractivity contribution in [3.8, 4) is 11.5 Å². The minimum Gasteiger partial charge on any atom is -0.504 e. The summed E-state index contributed by atoms with van der Waals surface area (Å²) in [6.07, 6.45) is -2.57. The fraction of sp³-hybridized carbons (Fsp3) is 0.250. The van der Waals surface area contributed by atoms with Crippen LogP contribution in [0.1, 0.15) is 45.8 Å². The molecular weight excluding hydrogens is 919 g/mol. The minimum absolute atomic E-state index is 0.0465. The number of hydrogen-bond acceptors (Lipinski definition) is 9. The van der Waals surface area contributed by atoms with E-state index < -0.39 is 87.2 Å². The summed E-state index contributed by atoms with van der Waals surface area (Å²) in [6, 6.07) is 15.5. The molecule has 3 aromatic carbocycles. The Bertz CT molecular complexity index is 2500. The van der Waals surface area contributed by atoms with Gasteiger partial charge in [0.05, 0.1) is 55.7 Å². The zero-order valence-electron chi connectivity index (χ0n) is 29.8. The first-order valence-corrected chi connectivity index (χ1v) is 19.4. The van der Waals surface area contributed by atoms with Gasteiger partial charge in [-0.05, 0) is 101 Å². The van der Waals surface area contributed by atoms with Crippen LogP contribution in [0.5, 0.6) is 11.5 Å². The quantitative estimate of drug-likeness (QED) is 0.0954. The third kappa shape index (κ3) is 6.01. The molecule has 1 saturated carbocycles. The van der Waals surface area contributed by atoms with E-state index in [-0.39, 0.29) is 35.6 Å². The Morgan fingerprint density at radius 1 is 1.00 bits per heavy atom. The number of nitrogens with one attached hydrogen (secondary N) is 1. The number of allylic oxidation sites excluding steroid dienone is 2. The van der Waals surface area contributed by atoms with Crippen LogP contribution >= 0.6 is 45.8 Å². The highest BCUT2D eigenvalue weighted by atomic mass is 127. The van der Waals surface area contributed by atoms with Gasteiger partial charge in [0.2, 0.25) is 11.8 Å². The Morgan fingerprint density at radius 3 is 2.38 bits per heavy atom. The first kappa shape index (κ1) is 39.6. The van der Waals surface area contributed by atoms with E-state index in [2.05, 4.69) is 10.4 Å². The van der Waals surface area contributed by atoms with E-state index in [1.54, 1.807) is 36.4 Å². The van der Waals surface area contributed by atoms with Gasteiger partial charge in [0, 0.05) is 17.1 Å². The normalized spacial score (nSPS) is 25.3. The van der Waals surface area contributed by atoms with E-state index in [1.807, 2.05) is 22.6 Å². The van der Waals surface area contributed by atoms with E-state index in [9.17, 15) is 42.6 Å². The average Bonchev–Trinajstić information content (AvgIpc) is 3.57. The van der Waals surface area contributed by atoms with Crippen LogP contribution in [0.4, 0.5) is 24.7 Å². The topological polar surface area (TPSA) is 166 Å². The van der Waals surface area contributed by atoms with Gasteiger partial charge < -0.3 is 14.9 Å². The lowest BCUT2D eigenvalue weighted by Gasteiger charge is -2.50. The summed E-state index contributed by atoms with van der Waals surface area (Å²) in [4.78, 5) is 75.6. The third-order valence-electron chi connectivity index (χ3n) is 11.5. The van der Waals surface area contributed by atoms with Crippen LogP contribution in [0.3, 0.4) is 0 Å². The largest absolute Gasteiger partial charge is 0.504 e. The maximum Gasteiger partial charge on any atom is 0.417 e. The van der Waals surface area contributed by atoms with Crippen molar-refractivity contribution in [2.45, 2.75) is 30.4 Å². The number of hydrogen-bond donors (Lipinski definition) is 3. The second kappa shape index (κ2) is 14.3. The molecule has 6 atom stereocenters. The molecular formula is C40H28Cl2F3IN4O8. The number of phenolic OH excluding ortho intramolecular Hbond substituents is 1. The molecule has 3 fully saturated rings. The molecule has 1 aromatic heterocycles. The van der Waals surface area contributed by atoms with Crippen molar-refractivity contribution in [3.63, 3.8) is 0 Å². The third-order valence-corrected chi connectivity index (χ3v) is 12.9. The second-order valence-corrected chi connectivity index (χ2v) is 16.3. The van der Waals surface area contributed by atoms with Crippen LogP contribution in [-0.4, -0.2) is 56.9 Å². The zero-order valence-corrected chi connectivity index (χ0v) is 33.4. The number of carboxylic acids is 1. The van der Waals surface area contributed by atoms with E-state index in [1.165, 1.54) is 37.4 Å². The number of ether oxygens (including phenoxy) is 1. The van der Waals surface area contributed by atoms with Gasteiger partial charge in [-0.2, -0.15) is 18.2 Å². The molecule has 3 heterocycles. The number of carboxylic acid groups (broad SMARTS) is 1. The van der Waals surface area contributed by atoms with Crippen molar-refractivity contribution in [3.05, 3.63) is 120 Å². The van der Waals surface area contributed by atoms with Crippen LogP contribution in [0.25, 0.3) is 0 Å². The maximum absolute atomic E-state index is 15.4. The fourth-order valence-electron chi connectivity index (χ4n) is 9.11. The molecule has 3 N–H and O–H groups in total. The Hall–Kier alpha value is -5.20. The van der Waals surface area contributed by atoms with Crippen LogP contribution in [0.15, 0.2) is 84.6 Å². The van der Waals surface area contributed by atoms with Crippen molar-refractivity contribution in [2.75, 3.05) is 17.4 Å². The number of carbonyl (C=O) groups excluding carboxylic acids is 4. The fourth-order valence-corrected chi connectivity index (χ4v) is 10.1. The van der Waals surface area contributed by atoms with Crippen molar-refractivity contribution < 1.29 is 52.1 Å². The second-order valence-electron chi connectivity index (χ2n) is 14.3. The van der Waals surface area contributed by atoms with Crippen LogP contribution in [-0.2, 0) is 30.8 Å². The van der Waals surface area contributed by atoms with Crippen molar-refractivity contribution in [2.24, 2.45) is 23.7 Å². The highest BCUT2D eigenvalue weighted by molar-refractivity contribution is 14.1. The van der Waals surface area contributed by atoms with E-state index in [0.717, 1.165) is 4.90 Å². The molecule has 18 heteroatoms. The van der Waals surface area contributed by atoms with Gasteiger partial charge in [-0.15, -0.1) is 0 Å². The lowest BCUT2D eigenvalue weighted by molar-refractivity contribution is -0.139. The maximum atomic E-state index is 15.4. The number of halogens is 6. The summed E-state index contributed by atoms with van der Waals surface area (Å²) < 4.78 is 46.4. The number of aromatic nitrogens is 1. The van der Waals surface area contributed by atoms with Crippen LogP contribution in [0, 0.1) is 27.2 Å². The molecule has 58 heavy (non-hydrogen) atoms. The van der Waals surface area contributed by atoms with E-state index in [0.29, 0.717) is 42.6 Å². The predicted octanol–water partition coefficient (Wildman–Crippen LogP) is 7.61. The van der Waals surface area contributed by atoms with Gasteiger partial charge in [-0.1, -0.05) is 53.1 Å². The molecule has 4 aliphatic rings. The Morgan fingerprint density at radius 2 is 1.72 bits per heavy atom. The molecule has 4 amide bonds. The Kier molecular flexibility index (Phi) is 9.74. The number of benzene rings is 3.